The van der Waals surface area contributed by atoms with Crippen molar-refractivity contribution >= 4 is 23.7 Å². The van der Waals surface area contributed by atoms with Crippen LogP contribution in [0.2, 0.25) is 5.02 Å². The SMILES string of the molecule is CC[C@H](C)[C@H]1CN[C@@H](CC(C)C)C(C)NCC2[C@@H](C(=O)N3CCCC3)C(C)N2[C@@H](C2CCCC2)C(C)NC2(CCCC2)CNCCN=CC=C(CCc2ccc(C(F)(F)F)c(Cl)c2)NC=CN(C)C=C(CC2CCCCC2)N(C)C=C2CCCN2[C@@H](C)C(C)N1. The van der Waals surface area contributed by atoms with E-state index in [0.717, 1.165) is 121 Å². The predicted molar refractivity (Wildman–Crippen MR) is 368 cm³/mol. The first-order chi connectivity index (χ1) is 43.1. The smallest absolute Gasteiger partial charge is 0.369 e. The van der Waals surface area contributed by atoms with Gasteiger partial charge in [-0.05, 0) is 159 Å². The average molecular weight is 1280 g/mol. The van der Waals surface area contributed by atoms with Crippen molar-refractivity contribution in [1.29, 1.82) is 0 Å². The van der Waals surface area contributed by atoms with Gasteiger partial charge in [-0.2, -0.15) is 13.2 Å². The van der Waals surface area contributed by atoms with Gasteiger partial charge in [0.25, 0.3) is 0 Å². The van der Waals surface area contributed by atoms with E-state index in [4.69, 9.17) is 16.6 Å². The summed E-state index contributed by atoms with van der Waals surface area (Å²) in [5.74, 6) is 2.57. The molecule has 90 heavy (non-hydrogen) atoms. The zero-order valence-electron chi connectivity index (χ0n) is 57.6. The van der Waals surface area contributed by atoms with Crippen LogP contribution in [0, 0.1) is 29.6 Å². The molecule has 6 N–H and O–H groups in total. The van der Waals surface area contributed by atoms with E-state index in [1.807, 2.05) is 18.5 Å². The number of aryl methyl sites for hydroxylation is 1. The zero-order chi connectivity index (χ0) is 64.5. The molecule has 1 aromatic rings. The van der Waals surface area contributed by atoms with Gasteiger partial charge in [-0.25, -0.2) is 0 Å². The maximum Gasteiger partial charge on any atom is 0.417 e. The van der Waals surface area contributed by atoms with Crippen molar-refractivity contribution in [3.05, 3.63) is 82.3 Å². The van der Waals surface area contributed by atoms with Crippen molar-refractivity contribution in [3.8, 4) is 0 Å². The summed E-state index contributed by atoms with van der Waals surface area (Å²) in [7, 11) is 4.33. The van der Waals surface area contributed by atoms with Gasteiger partial charge in [0, 0.05) is 168 Å². The number of halogens is 4. The van der Waals surface area contributed by atoms with Crippen LogP contribution in [0.4, 0.5) is 13.2 Å². The largest absolute Gasteiger partial charge is 0.417 e. The molecule has 3 saturated heterocycles. The van der Waals surface area contributed by atoms with Crippen LogP contribution in [-0.4, -0.2) is 163 Å². The number of nitrogens with zero attached hydrogens (tertiary/aromatic N) is 6. The van der Waals surface area contributed by atoms with E-state index in [0.29, 0.717) is 61.0 Å². The fraction of sp³-hybridized carbons (Fsp3) is 0.781. The first-order valence-corrected chi connectivity index (χ1v) is 36.4. The third-order valence-electron chi connectivity index (χ3n) is 22.4. The van der Waals surface area contributed by atoms with Gasteiger partial charge in [0.05, 0.1) is 23.0 Å². The molecule has 5 unspecified atom stereocenters. The van der Waals surface area contributed by atoms with Gasteiger partial charge in [0.1, 0.15) is 0 Å². The molecule has 17 heteroatoms. The van der Waals surface area contributed by atoms with Gasteiger partial charge in [-0.1, -0.05) is 110 Å². The summed E-state index contributed by atoms with van der Waals surface area (Å²) in [6.07, 6.45) is 32.8. The van der Waals surface area contributed by atoms with Gasteiger partial charge >= 0.3 is 6.18 Å². The van der Waals surface area contributed by atoms with Crippen LogP contribution in [0.5, 0.6) is 0 Å². The van der Waals surface area contributed by atoms with E-state index in [2.05, 4.69) is 151 Å². The molecule has 3 saturated carbocycles. The minimum Gasteiger partial charge on any atom is -0.369 e. The van der Waals surface area contributed by atoms with E-state index >= 15 is 0 Å². The quantitative estimate of drug-likeness (QED) is 0.127. The molecule has 0 radical (unpaired) electrons. The molecule has 11 atom stereocenters. The van der Waals surface area contributed by atoms with Crippen LogP contribution in [0.3, 0.4) is 0 Å². The van der Waals surface area contributed by atoms with Gasteiger partial charge in [-0.3, -0.25) is 14.7 Å². The summed E-state index contributed by atoms with van der Waals surface area (Å²) < 4.78 is 41.1. The lowest BCUT2D eigenvalue weighted by atomic mass is 9.74. The van der Waals surface area contributed by atoms with Gasteiger partial charge in [0.15, 0.2) is 0 Å². The van der Waals surface area contributed by atoms with Crippen LogP contribution in [0.25, 0.3) is 0 Å². The lowest BCUT2D eigenvalue weighted by Gasteiger charge is -2.60. The standard InChI is InChI=1S/C73H122ClF3N12O/c1-12-52(4)67-46-82-66(43-51(2)3)54(6)81-47-68-69(71(90)87-39-20-21-40-87)57(9)89(68)70(60-25-16-17-26-60)55(7)84-72(33-18-19-34-72)50-79-37-36-78-35-32-61(30-28-59-29-31-64(65(74)45-59)73(75,76)77)80-38-42-85(10)48-63(44-58-23-14-13-15-24-58)86(11)49-62-27-22-41-88(62)56(8)53(5)83-67/h29,31-32,35,38,42,45,48-49,51-58,60,66-70,79-84H,12-28,30,33-34,36-37,39-41,43-44,46-47,50H2,1-11H3/t52-,53?,54?,55?,56-,57?,66-,67+,68?,69-,70+/m0/s1. The number of rotatable bonds is 11. The van der Waals surface area contributed by atoms with E-state index < -0.39 is 11.7 Å². The Labute approximate surface area is 548 Å². The van der Waals surface area contributed by atoms with Crippen LogP contribution in [-0.2, 0) is 17.4 Å². The predicted octanol–water partition coefficient (Wildman–Crippen LogP) is 13.4. The highest BCUT2D eigenvalue weighted by Gasteiger charge is 2.56. The highest BCUT2D eigenvalue weighted by Crippen LogP contribution is 2.44. The van der Waals surface area contributed by atoms with E-state index in [9.17, 15) is 18.0 Å². The summed E-state index contributed by atoms with van der Waals surface area (Å²) in [6.45, 7) is 28.2. The summed E-state index contributed by atoms with van der Waals surface area (Å²) in [5.41, 5.74) is 3.47. The van der Waals surface area contributed by atoms with Crippen LogP contribution >= 0.6 is 11.6 Å². The Balaban J connectivity index is 1.09. The van der Waals surface area contributed by atoms with Crippen molar-refractivity contribution in [1.82, 2.24) is 56.4 Å². The Morgan fingerprint density at radius 3 is 2.23 bits per heavy atom. The molecule has 6 fully saturated rings. The molecular weight excluding hydrogens is 1150 g/mol. The Hall–Kier alpha value is -3.64. The molecule has 1 spiro atoms. The second-order valence-electron chi connectivity index (χ2n) is 29.5. The lowest BCUT2D eigenvalue weighted by molar-refractivity contribution is -0.160. The Kier molecular flexibility index (Phi) is 27.8. The monoisotopic (exact) mass is 1270 g/mol. The molecule has 7 aliphatic rings. The van der Waals surface area contributed by atoms with Crippen molar-refractivity contribution in [2.24, 2.45) is 34.6 Å². The number of aliphatic imine (C=N–C) groups is 1. The zero-order valence-corrected chi connectivity index (χ0v) is 58.4. The van der Waals surface area contributed by atoms with Crippen molar-refractivity contribution < 1.29 is 18.0 Å². The fourth-order valence-electron chi connectivity index (χ4n) is 16.8. The number of likely N-dealkylation sites (tertiary alicyclic amines) is 1. The number of hydrogen-bond donors (Lipinski definition) is 6. The van der Waals surface area contributed by atoms with Crippen LogP contribution in [0.1, 0.15) is 208 Å². The minimum atomic E-state index is -4.51. The topological polar surface area (TPSA) is 118 Å². The Morgan fingerprint density at radius 2 is 1.54 bits per heavy atom. The van der Waals surface area contributed by atoms with Crippen molar-refractivity contribution in [3.63, 3.8) is 0 Å². The van der Waals surface area contributed by atoms with Gasteiger partial charge < -0.3 is 51.5 Å². The maximum atomic E-state index is 14.8. The number of fused-ring (bicyclic) bond motifs is 2. The number of allylic oxidation sites excluding steroid dienone is 4. The summed E-state index contributed by atoms with van der Waals surface area (Å²) in [4.78, 5) is 31.9. The number of hydrogen-bond acceptors (Lipinski definition) is 12. The Morgan fingerprint density at radius 1 is 0.822 bits per heavy atom. The van der Waals surface area contributed by atoms with Gasteiger partial charge in [-0.15, -0.1) is 0 Å². The number of amides is 1. The molecular formula is C73H122ClF3N12O. The molecule has 0 aromatic heterocycles. The number of carbonyl (C=O) groups is 1. The normalized spacial score (nSPS) is 30.8. The van der Waals surface area contributed by atoms with Crippen molar-refractivity contribution in [2.45, 2.75) is 270 Å². The van der Waals surface area contributed by atoms with E-state index in [1.165, 1.54) is 94.2 Å². The summed E-state index contributed by atoms with van der Waals surface area (Å²) in [6, 6.07) is 6.22. The lowest BCUT2D eigenvalue weighted by Crippen LogP contribution is -2.76. The van der Waals surface area contributed by atoms with Gasteiger partial charge in [0.2, 0.25) is 5.91 Å². The first-order valence-electron chi connectivity index (χ1n) is 36.0. The third kappa shape index (κ3) is 20.0. The molecule has 13 nitrogen and oxygen atoms in total. The van der Waals surface area contributed by atoms with Crippen LogP contribution in [0.15, 0.2) is 71.2 Å². The number of benzene rings is 1. The fourth-order valence-corrected chi connectivity index (χ4v) is 17.1. The molecule has 4 aliphatic heterocycles. The van der Waals surface area contributed by atoms with E-state index in [1.54, 1.807) is 0 Å². The molecule has 8 rings (SSSR count). The van der Waals surface area contributed by atoms with Crippen molar-refractivity contribution in [2.75, 3.05) is 66.5 Å². The molecule has 4 heterocycles. The molecule has 508 valence electrons. The number of alkyl halides is 3. The summed E-state index contributed by atoms with van der Waals surface area (Å²) in [5, 5.41) is 24.1. The third-order valence-corrected chi connectivity index (χ3v) is 22.7. The molecule has 3 aliphatic carbocycles. The second kappa shape index (κ2) is 34.7. The highest BCUT2D eigenvalue weighted by molar-refractivity contribution is 6.31. The Bertz CT molecular complexity index is 2510. The molecule has 1 aromatic carbocycles. The summed E-state index contributed by atoms with van der Waals surface area (Å²) >= 11 is 6.21. The number of carbonyl (C=O) groups excluding carboxylic acids is 1. The molecule has 0 bridgehead atoms. The first kappa shape index (κ1) is 72.2. The van der Waals surface area contributed by atoms with E-state index in [-0.39, 0.29) is 58.8 Å². The average Bonchev–Trinajstić information content (AvgIpc) is 0.965. The van der Waals surface area contributed by atoms with Crippen LogP contribution < -0.4 is 31.9 Å². The minimum absolute atomic E-state index is 0.0262. The number of nitrogens with one attached hydrogen (secondary N) is 6. The molecule has 1 amide bonds. The second-order valence-corrected chi connectivity index (χ2v) is 29.9. The highest BCUT2D eigenvalue weighted by atomic mass is 35.5. The maximum absolute atomic E-state index is 14.8.